The summed E-state index contributed by atoms with van der Waals surface area (Å²) in [5.74, 6) is -0.319. The number of aromatic amines is 1. The highest BCUT2D eigenvalue weighted by atomic mass is 79.9. The molecule has 0 aliphatic heterocycles. The highest BCUT2D eigenvalue weighted by Gasteiger charge is 2.23. The number of nitrogens with one attached hydrogen (secondary N) is 1. The molecule has 1 atom stereocenters. The average Bonchev–Trinajstić information content (AvgIpc) is 2.71. The van der Waals surface area contributed by atoms with E-state index in [4.69, 9.17) is 14.2 Å². The number of halogens is 1. The molecule has 150 valence electrons. The number of ketones is 1. The summed E-state index contributed by atoms with van der Waals surface area (Å²) in [7, 11) is 1.59. The standard InChI is InChI=1S/C20H22BrNO6/c1-4-27-20(25)16-9-15(17(23)10-21)19(24)22-18(16)12(2)28-11-13-5-7-14(26-3)8-6-13/h5-9,12H,4,10-11H2,1-3H3,(H,22,24). The molecular weight excluding hydrogens is 430 g/mol. The van der Waals surface area contributed by atoms with Gasteiger partial charge in [-0.25, -0.2) is 4.79 Å². The maximum absolute atomic E-state index is 12.4. The topological polar surface area (TPSA) is 94.7 Å². The van der Waals surface area contributed by atoms with Gasteiger partial charge in [0.05, 0.1) is 48.6 Å². The molecule has 0 radical (unpaired) electrons. The van der Waals surface area contributed by atoms with Gasteiger partial charge in [-0.2, -0.15) is 0 Å². The van der Waals surface area contributed by atoms with Crippen molar-refractivity contribution in [3.05, 3.63) is 63.1 Å². The van der Waals surface area contributed by atoms with Crippen molar-refractivity contribution in [1.29, 1.82) is 0 Å². The quantitative estimate of drug-likeness (QED) is 0.356. The number of rotatable bonds is 9. The van der Waals surface area contributed by atoms with Gasteiger partial charge in [-0.05, 0) is 37.6 Å². The number of carbonyl (C=O) groups excluding carboxylic acids is 2. The number of hydrogen-bond acceptors (Lipinski definition) is 6. The normalized spacial score (nSPS) is 11.7. The number of H-pyrrole nitrogens is 1. The maximum atomic E-state index is 12.4. The second-order valence-corrected chi connectivity index (χ2v) is 6.48. The van der Waals surface area contributed by atoms with Crippen LogP contribution in [0.15, 0.2) is 35.1 Å². The molecule has 28 heavy (non-hydrogen) atoms. The van der Waals surface area contributed by atoms with Gasteiger partial charge in [0.1, 0.15) is 5.75 Å². The number of alkyl halides is 1. The Morgan fingerprint density at radius 2 is 1.86 bits per heavy atom. The van der Waals surface area contributed by atoms with Crippen molar-refractivity contribution in [3.63, 3.8) is 0 Å². The van der Waals surface area contributed by atoms with Gasteiger partial charge in [0.25, 0.3) is 5.56 Å². The Labute approximate surface area is 171 Å². The van der Waals surface area contributed by atoms with E-state index in [2.05, 4.69) is 20.9 Å². The molecule has 0 spiro atoms. The molecule has 0 bridgehead atoms. The lowest BCUT2D eigenvalue weighted by Crippen LogP contribution is -2.25. The van der Waals surface area contributed by atoms with Crippen LogP contribution in [0.3, 0.4) is 0 Å². The molecule has 2 rings (SSSR count). The van der Waals surface area contributed by atoms with E-state index >= 15 is 0 Å². The Hall–Kier alpha value is -2.45. The van der Waals surface area contributed by atoms with Gasteiger partial charge >= 0.3 is 5.97 Å². The summed E-state index contributed by atoms with van der Waals surface area (Å²) in [6, 6.07) is 8.62. The van der Waals surface area contributed by atoms with Crippen LogP contribution < -0.4 is 10.3 Å². The van der Waals surface area contributed by atoms with Crippen LogP contribution in [0.5, 0.6) is 5.75 Å². The predicted octanol–water partition coefficient (Wildman–Crippen LogP) is 3.42. The van der Waals surface area contributed by atoms with Crippen molar-refractivity contribution < 1.29 is 23.8 Å². The number of ether oxygens (including phenoxy) is 3. The molecule has 1 unspecified atom stereocenters. The van der Waals surface area contributed by atoms with Gasteiger partial charge in [-0.3, -0.25) is 9.59 Å². The number of hydrogen-bond donors (Lipinski definition) is 1. The molecule has 1 aromatic heterocycles. The highest BCUT2D eigenvalue weighted by Crippen LogP contribution is 2.22. The second kappa shape index (κ2) is 10.2. The molecule has 0 saturated carbocycles. The fourth-order valence-electron chi connectivity index (χ4n) is 2.55. The van der Waals surface area contributed by atoms with Crippen LogP contribution in [-0.2, 0) is 16.1 Å². The summed E-state index contributed by atoms with van der Waals surface area (Å²) in [5, 5.41) is -0.0266. The minimum Gasteiger partial charge on any atom is -0.497 e. The van der Waals surface area contributed by atoms with Crippen LogP contribution in [0, 0.1) is 0 Å². The van der Waals surface area contributed by atoms with Crippen molar-refractivity contribution in [2.24, 2.45) is 0 Å². The van der Waals surface area contributed by atoms with Crippen LogP contribution in [0.25, 0.3) is 0 Å². The molecule has 0 aliphatic carbocycles. The molecule has 7 nitrogen and oxygen atoms in total. The Morgan fingerprint density at radius 3 is 2.43 bits per heavy atom. The zero-order valence-corrected chi connectivity index (χ0v) is 17.5. The molecular formula is C20H22BrNO6. The van der Waals surface area contributed by atoms with Crippen LogP contribution >= 0.6 is 15.9 Å². The number of Topliss-reactive ketones (excluding diaryl/α,β-unsaturated/α-hetero) is 1. The Kier molecular flexibility index (Phi) is 7.95. The van der Waals surface area contributed by atoms with Gasteiger partial charge in [0, 0.05) is 0 Å². The fourth-order valence-corrected chi connectivity index (χ4v) is 2.85. The molecule has 1 aromatic carbocycles. The third-order valence-corrected chi connectivity index (χ3v) is 4.56. The van der Waals surface area contributed by atoms with E-state index in [0.717, 1.165) is 11.3 Å². The summed E-state index contributed by atoms with van der Waals surface area (Å²) in [4.78, 5) is 39.2. The van der Waals surface area contributed by atoms with Crippen molar-refractivity contribution in [2.75, 3.05) is 19.0 Å². The van der Waals surface area contributed by atoms with E-state index in [1.807, 2.05) is 24.3 Å². The molecule has 0 saturated heterocycles. The first kappa shape index (κ1) is 21.8. The number of aromatic nitrogens is 1. The van der Waals surface area contributed by atoms with Crippen molar-refractivity contribution in [1.82, 2.24) is 4.98 Å². The summed E-state index contributed by atoms with van der Waals surface area (Å²) in [5.41, 5.74) is 0.591. The second-order valence-electron chi connectivity index (χ2n) is 5.92. The van der Waals surface area contributed by atoms with Crippen LogP contribution in [0.2, 0.25) is 0 Å². The summed E-state index contributed by atoms with van der Waals surface area (Å²) in [6.45, 7) is 3.82. The van der Waals surface area contributed by atoms with Gasteiger partial charge in [-0.15, -0.1) is 0 Å². The van der Waals surface area contributed by atoms with Crippen LogP contribution in [0.1, 0.15) is 51.9 Å². The van der Waals surface area contributed by atoms with E-state index in [9.17, 15) is 14.4 Å². The largest absolute Gasteiger partial charge is 0.497 e. The third-order valence-electron chi connectivity index (χ3n) is 4.05. The Morgan fingerprint density at radius 1 is 1.18 bits per heavy atom. The first-order chi connectivity index (χ1) is 13.4. The maximum Gasteiger partial charge on any atom is 0.340 e. The first-order valence-corrected chi connectivity index (χ1v) is 9.81. The predicted molar refractivity (Wildman–Crippen MR) is 107 cm³/mol. The summed E-state index contributed by atoms with van der Waals surface area (Å²) >= 11 is 3.03. The minimum atomic E-state index is -0.628. The summed E-state index contributed by atoms with van der Waals surface area (Å²) in [6.07, 6.45) is -0.609. The molecule has 0 aliphatic rings. The Balaban J connectivity index is 2.30. The molecule has 2 aromatic rings. The lowest BCUT2D eigenvalue weighted by Gasteiger charge is -2.17. The van der Waals surface area contributed by atoms with E-state index in [-0.39, 0.29) is 35.4 Å². The number of benzene rings is 1. The van der Waals surface area contributed by atoms with Crippen molar-refractivity contribution in [3.8, 4) is 5.75 Å². The van der Waals surface area contributed by atoms with E-state index < -0.39 is 23.4 Å². The van der Waals surface area contributed by atoms with Crippen LogP contribution in [-0.4, -0.2) is 35.8 Å². The lowest BCUT2D eigenvalue weighted by molar-refractivity contribution is 0.0425. The SMILES string of the molecule is CCOC(=O)c1cc(C(=O)CBr)c(=O)[nH]c1C(C)OCc1ccc(OC)cc1. The average molecular weight is 452 g/mol. The molecule has 1 N–H and O–H groups in total. The van der Waals surface area contributed by atoms with E-state index in [1.165, 1.54) is 6.07 Å². The molecule has 8 heteroatoms. The first-order valence-electron chi connectivity index (χ1n) is 8.69. The van der Waals surface area contributed by atoms with Gasteiger partial charge in [-0.1, -0.05) is 28.1 Å². The number of esters is 1. The number of pyridine rings is 1. The highest BCUT2D eigenvalue weighted by molar-refractivity contribution is 9.09. The van der Waals surface area contributed by atoms with E-state index in [0.29, 0.717) is 0 Å². The van der Waals surface area contributed by atoms with Gasteiger partial charge < -0.3 is 19.2 Å². The summed E-state index contributed by atoms with van der Waals surface area (Å²) < 4.78 is 16.0. The third kappa shape index (κ3) is 5.30. The van der Waals surface area contributed by atoms with Gasteiger partial charge in [0.15, 0.2) is 5.78 Å². The lowest BCUT2D eigenvalue weighted by atomic mass is 10.1. The van der Waals surface area contributed by atoms with Crippen molar-refractivity contribution in [2.45, 2.75) is 26.6 Å². The fraction of sp³-hybridized carbons (Fsp3) is 0.350. The monoisotopic (exact) mass is 451 g/mol. The van der Waals surface area contributed by atoms with Crippen molar-refractivity contribution >= 4 is 27.7 Å². The molecule has 0 fully saturated rings. The number of methoxy groups -OCH3 is 1. The zero-order valence-electron chi connectivity index (χ0n) is 15.9. The molecule has 0 amide bonds. The smallest absolute Gasteiger partial charge is 0.340 e. The van der Waals surface area contributed by atoms with Gasteiger partial charge in [0.2, 0.25) is 0 Å². The molecule has 1 heterocycles. The zero-order chi connectivity index (χ0) is 20.7. The number of carbonyl (C=O) groups is 2. The minimum absolute atomic E-state index is 0.0266. The van der Waals surface area contributed by atoms with Crippen LogP contribution in [0.4, 0.5) is 0 Å². The Bertz CT molecular complexity index is 891. The van der Waals surface area contributed by atoms with E-state index in [1.54, 1.807) is 21.0 Å².